The summed E-state index contributed by atoms with van der Waals surface area (Å²) < 4.78 is 67.7. The van der Waals surface area contributed by atoms with Crippen LogP contribution in [0.5, 0.6) is 11.5 Å². The van der Waals surface area contributed by atoms with E-state index < -0.39 is 30.0 Å². The van der Waals surface area contributed by atoms with Gasteiger partial charge >= 0.3 is 0 Å². The summed E-state index contributed by atoms with van der Waals surface area (Å²) in [5.41, 5.74) is 12.7. The summed E-state index contributed by atoms with van der Waals surface area (Å²) >= 11 is 0. The van der Waals surface area contributed by atoms with Crippen LogP contribution < -0.4 is 27.0 Å². The number of aliphatic imine (C=N–C) groups is 3. The monoisotopic (exact) mass is 922 g/mol. The summed E-state index contributed by atoms with van der Waals surface area (Å²) in [6.45, 7) is 0. The fourth-order valence-electron chi connectivity index (χ4n) is 6.93. The smallest absolute Gasteiger partial charge is 0.296 e. The van der Waals surface area contributed by atoms with Crippen molar-refractivity contribution in [2.24, 2.45) is 15.0 Å². The number of aromatic hydroxyl groups is 2. The predicted molar refractivity (Wildman–Crippen MR) is 261 cm³/mol. The van der Waals surface area contributed by atoms with Crippen LogP contribution in [0.25, 0.3) is 0 Å². The summed E-state index contributed by atoms with van der Waals surface area (Å²) in [5, 5.41) is 33.4. The molecule has 1 atom stereocenters. The fraction of sp³-hybridized carbons (Fsp3) is 0.0625. The lowest BCUT2D eigenvalue weighted by atomic mass is 10.0. The number of nitrogens with one attached hydrogen (secondary N) is 4. The molecule has 2 aliphatic carbocycles. The van der Waals surface area contributed by atoms with Gasteiger partial charge in [0.15, 0.2) is 0 Å². The quantitative estimate of drug-likeness (QED) is 0.0226. The van der Waals surface area contributed by atoms with E-state index in [-0.39, 0.29) is 40.3 Å². The summed E-state index contributed by atoms with van der Waals surface area (Å²) in [6.07, 6.45) is 12.4. The molecule has 1 unspecified atom stereocenters. The van der Waals surface area contributed by atoms with Crippen molar-refractivity contribution in [3.05, 3.63) is 164 Å². The largest absolute Gasteiger partial charge is 0.506 e. The molecule has 0 saturated heterocycles. The van der Waals surface area contributed by atoms with E-state index >= 15 is 0 Å². The van der Waals surface area contributed by atoms with Gasteiger partial charge in [0.25, 0.3) is 20.2 Å². The van der Waals surface area contributed by atoms with Crippen molar-refractivity contribution < 1.29 is 36.2 Å². The Morgan fingerprint density at radius 1 is 0.530 bits per heavy atom. The maximum atomic E-state index is 12.2. The van der Waals surface area contributed by atoms with Gasteiger partial charge in [-0.3, -0.25) is 14.1 Å². The normalized spacial score (nSPS) is 15.4. The van der Waals surface area contributed by atoms with Gasteiger partial charge in [-0.25, -0.2) is 9.98 Å². The molecule has 0 saturated carbocycles. The van der Waals surface area contributed by atoms with E-state index in [4.69, 9.17) is 15.7 Å². The van der Waals surface area contributed by atoms with Crippen molar-refractivity contribution in [1.29, 1.82) is 0 Å². The zero-order valence-corrected chi connectivity index (χ0v) is 36.4. The van der Waals surface area contributed by atoms with Crippen LogP contribution in [-0.4, -0.2) is 59.3 Å². The van der Waals surface area contributed by atoms with E-state index in [1.54, 1.807) is 42.5 Å². The first-order valence-corrected chi connectivity index (χ1v) is 23.2. The van der Waals surface area contributed by atoms with E-state index in [0.717, 1.165) is 52.0 Å². The molecule has 0 radical (unpaired) electrons. The van der Waals surface area contributed by atoms with E-state index in [0.29, 0.717) is 29.9 Å². The number of phenolic OH excluding ortho intramolecular Hbond substituents is 2. The molecule has 0 amide bonds. The molecule has 0 aromatic heterocycles. The average molecular weight is 923 g/mol. The number of nitrogen functional groups attached to an aromatic ring is 1. The van der Waals surface area contributed by atoms with Gasteiger partial charge in [-0.05, 0) is 140 Å². The van der Waals surface area contributed by atoms with E-state index in [9.17, 15) is 36.2 Å². The van der Waals surface area contributed by atoms with Crippen LogP contribution in [0.15, 0.2) is 189 Å². The average Bonchev–Trinajstić information content (AvgIpc) is 3.28. The number of rotatable bonds is 13. The third-order valence-corrected chi connectivity index (χ3v) is 12.0. The number of nitrogens with two attached hydrogens (primary N) is 1. The molecule has 0 aliphatic heterocycles. The second kappa shape index (κ2) is 19.0. The summed E-state index contributed by atoms with van der Waals surface area (Å²) in [7, 11) is -9.23. The highest BCUT2D eigenvalue weighted by Gasteiger charge is 2.21. The first kappa shape index (κ1) is 44.6. The Labute approximate surface area is 380 Å². The van der Waals surface area contributed by atoms with Crippen LogP contribution in [0, 0.1) is 0 Å². The Hall–Kier alpha value is -8.03. The third kappa shape index (κ3) is 11.4. The minimum atomic E-state index is -4.63. The molecule has 8 rings (SSSR count). The van der Waals surface area contributed by atoms with Gasteiger partial charge in [0.2, 0.25) is 0 Å². The summed E-state index contributed by atoms with van der Waals surface area (Å²) in [6, 6.07) is 35.7. The van der Waals surface area contributed by atoms with Gasteiger partial charge < -0.3 is 37.2 Å². The minimum Gasteiger partial charge on any atom is -0.506 e. The third-order valence-electron chi connectivity index (χ3n) is 10.2. The summed E-state index contributed by atoms with van der Waals surface area (Å²) in [4.78, 5) is 12.9. The first-order chi connectivity index (χ1) is 31.6. The van der Waals surface area contributed by atoms with Gasteiger partial charge in [-0.15, -0.1) is 0 Å². The zero-order chi connectivity index (χ0) is 46.4. The van der Waals surface area contributed by atoms with Gasteiger partial charge in [-0.1, -0.05) is 24.3 Å². The van der Waals surface area contributed by atoms with Crippen molar-refractivity contribution in [1.82, 2.24) is 0 Å². The van der Waals surface area contributed by atoms with E-state index in [1.165, 1.54) is 12.1 Å². The Balaban J connectivity index is 0.827. The lowest BCUT2D eigenvalue weighted by molar-refractivity contribution is 0.473. The van der Waals surface area contributed by atoms with Crippen LogP contribution in [0.1, 0.15) is 12.8 Å². The van der Waals surface area contributed by atoms with Crippen LogP contribution in [0.2, 0.25) is 0 Å². The fourth-order valence-corrected chi connectivity index (χ4v) is 8.23. The van der Waals surface area contributed by atoms with Crippen molar-refractivity contribution in [2.45, 2.75) is 28.7 Å². The number of anilines is 8. The maximum absolute atomic E-state index is 12.2. The number of hydrogen-bond donors (Lipinski definition) is 9. The molecular formula is C48H42N8O8S2. The van der Waals surface area contributed by atoms with Gasteiger partial charge in [0, 0.05) is 52.3 Å². The number of benzene rings is 6. The molecule has 2 aliphatic rings. The molecule has 16 nitrogen and oxygen atoms in total. The van der Waals surface area contributed by atoms with Crippen LogP contribution in [0.4, 0.5) is 62.6 Å². The summed E-state index contributed by atoms with van der Waals surface area (Å²) in [5.74, 6) is -0.552. The highest BCUT2D eigenvalue weighted by atomic mass is 32.2. The standard InChI is InChI=1S/C48H42N8O8S2/c49-41-26-47(65(59,60)61)43(27-45(41)57)56-40-24-20-38(21-25-40)53-36-16-12-34(13-17-36)51-32-8-6-31(7-9-32)50-33-10-14-35(15-11-33)52-37-18-22-39(23-19-37)54-42-29-48(66(62,63)64)44(28-46(42)58)55-30-4-2-1-3-5-30/h1-20,22-24,26-29,38,52-55,57-58H,21,25,49H2,(H,59,60,61)(H,62,63,64). The van der Waals surface area contributed by atoms with Crippen molar-refractivity contribution in [3.8, 4) is 11.5 Å². The SMILES string of the molecule is Nc1cc(S(=O)(=O)O)c(N=C2C=CC(Nc3ccc(N=C4C=CC(=Nc5ccc(Nc6ccc(Nc7cc(S(=O)(=O)O)c(Nc8ccccc8)cc7O)cc6)cc5)C=C4)cc3)CC2)cc1O. The molecular weight excluding hydrogens is 881 g/mol. The number of para-hydroxylation sites is 1. The van der Waals surface area contributed by atoms with Gasteiger partial charge in [-0.2, -0.15) is 16.8 Å². The Kier molecular flexibility index (Phi) is 12.8. The molecule has 0 fully saturated rings. The van der Waals surface area contributed by atoms with E-state index in [2.05, 4.69) is 26.3 Å². The molecule has 6 aromatic carbocycles. The molecule has 0 heterocycles. The van der Waals surface area contributed by atoms with Crippen LogP contribution >= 0.6 is 0 Å². The Morgan fingerprint density at radius 2 is 1.05 bits per heavy atom. The zero-order valence-electron chi connectivity index (χ0n) is 34.7. The van der Waals surface area contributed by atoms with Crippen molar-refractivity contribution in [2.75, 3.05) is 27.0 Å². The van der Waals surface area contributed by atoms with Crippen LogP contribution in [0.3, 0.4) is 0 Å². The van der Waals surface area contributed by atoms with Gasteiger partial charge in [0.1, 0.15) is 21.3 Å². The van der Waals surface area contributed by atoms with E-state index in [1.807, 2.05) is 97.1 Å². The predicted octanol–water partition coefficient (Wildman–Crippen LogP) is 10.3. The number of nitrogens with zero attached hydrogens (tertiary/aromatic N) is 3. The number of allylic oxidation sites excluding steroid dienone is 5. The molecule has 0 bridgehead atoms. The second-order valence-corrected chi connectivity index (χ2v) is 17.9. The number of phenols is 2. The first-order valence-electron chi connectivity index (χ1n) is 20.3. The minimum absolute atomic E-state index is 0.00808. The number of hydrogen-bond acceptors (Lipinski definition) is 14. The molecule has 0 spiro atoms. The molecule has 18 heteroatoms. The molecule has 334 valence electrons. The molecule has 10 N–H and O–H groups in total. The van der Waals surface area contributed by atoms with Gasteiger partial charge in [0.05, 0.1) is 45.5 Å². The van der Waals surface area contributed by atoms with Crippen molar-refractivity contribution >= 4 is 99.9 Å². The highest BCUT2D eigenvalue weighted by Crippen LogP contribution is 2.37. The Morgan fingerprint density at radius 3 is 1.59 bits per heavy atom. The maximum Gasteiger partial charge on any atom is 0.296 e. The van der Waals surface area contributed by atoms with Crippen molar-refractivity contribution in [3.63, 3.8) is 0 Å². The highest BCUT2D eigenvalue weighted by molar-refractivity contribution is 7.86. The molecule has 6 aromatic rings. The topological polar surface area (TPSA) is 260 Å². The van der Waals surface area contributed by atoms with Crippen LogP contribution in [-0.2, 0) is 20.2 Å². The second-order valence-electron chi connectivity index (χ2n) is 15.1. The lowest BCUT2D eigenvalue weighted by Gasteiger charge is -2.20. The molecule has 66 heavy (non-hydrogen) atoms. The Bertz CT molecular complexity index is 3190. The lowest BCUT2D eigenvalue weighted by Crippen LogP contribution is -2.21.